The predicted octanol–water partition coefficient (Wildman–Crippen LogP) is 4.57. The monoisotopic (exact) mass is 421 g/mol. The fourth-order valence-electron chi connectivity index (χ4n) is 3.00. The first kappa shape index (κ1) is 21.1. The first-order chi connectivity index (χ1) is 14.3. The van der Waals surface area contributed by atoms with Gasteiger partial charge in [0.2, 0.25) is 0 Å². The topological polar surface area (TPSA) is 116 Å². The van der Waals surface area contributed by atoms with Gasteiger partial charge < -0.3 is 15.8 Å². The molecule has 0 spiro atoms. The van der Waals surface area contributed by atoms with E-state index in [-0.39, 0.29) is 17.4 Å². The molecule has 8 heteroatoms. The van der Waals surface area contributed by atoms with Gasteiger partial charge in [0, 0.05) is 11.7 Å². The van der Waals surface area contributed by atoms with E-state index in [0.717, 1.165) is 22.6 Å². The molecule has 0 atom stereocenters. The van der Waals surface area contributed by atoms with Gasteiger partial charge in [-0.1, -0.05) is 0 Å². The third-order valence-electron chi connectivity index (χ3n) is 4.27. The van der Waals surface area contributed by atoms with Crippen molar-refractivity contribution in [3.8, 4) is 17.6 Å². The molecule has 3 rings (SSSR count). The minimum Gasteiger partial charge on any atom is -0.457 e. The molecule has 7 nitrogen and oxygen atoms in total. The molecular formula is C22H23N5O2S. The van der Waals surface area contributed by atoms with E-state index in [4.69, 9.17) is 15.7 Å². The molecular weight excluding hydrogens is 398 g/mol. The Balaban J connectivity index is 1.80. The summed E-state index contributed by atoms with van der Waals surface area (Å²) in [5.41, 5.74) is 9.28. The van der Waals surface area contributed by atoms with Crippen LogP contribution < -0.4 is 21.3 Å². The van der Waals surface area contributed by atoms with E-state index < -0.39 is 0 Å². The molecule has 3 aromatic rings. The molecule has 0 fully saturated rings. The van der Waals surface area contributed by atoms with E-state index in [2.05, 4.69) is 20.8 Å². The molecule has 0 amide bonds. The van der Waals surface area contributed by atoms with Crippen LogP contribution in [0.2, 0.25) is 0 Å². The van der Waals surface area contributed by atoms with Crippen molar-refractivity contribution in [2.24, 2.45) is 10.7 Å². The average Bonchev–Trinajstić information content (AvgIpc) is 3.05. The summed E-state index contributed by atoms with van der Waals surface area (Å²) in [6.45, 7) is 7.63. The lowest BCUT2D eigenvalue weighted by Crippen LogP contribution is -2.23. The molecule has 0 aliphatic heterocycles. The van der Waals surface area contributed by atoms with E-state index in [9.17, 15) is 4.79 Å². The number of nitrogens with two attached hydrogens (primary N) is 1. The summed E-state index contributed by atoms with van der Waals surface area (Å²) in [6, 6.07) is 13.1. The van der Waals surface area contributed by atoms with Crippen molar-refractivity contribution >= 4 is 28.1 Å². The van der Waals surface area contributed by atoms with Crippen LogP contribution in [0.15, 0.2) is 46.2 Å². The van der Waals surface area contributed by atoms with Gasteiger partial charge in [-0.2, -0.15) is 5.26 Å². The normalized spacial score (nSPS) is 11.4. The second-order valence-corrected chi connectivity index (χ2v) is 7.96. The Kier molecular flexibility index (Phi) is 6.23. The summed E-state index contributed by atoms with van der Waals surface area (Å²) in [7, 11) is 0. The lowest BCUT2D eigenvalue weighted by atomic mass is 10.1. The number of H-pyrrole nitrogens is 1. The Morgan fingerprint density at radius 1 is 1.23 bits per heavy atom. The van der Waals surface area contributed by atoms with Crippen LogP contribution >= 0.6 is 11.5 Å². The highest BCUT2D eigenvalue weighted by atomic mass is 32.1. The highest BCUT2D eigenvalue weighted by Gasteiger charge is 2.15. The highest BCUT2D eigenvalue weighted by Crippen LogP contribution is 2.31. The molecule has 1 heterocycles. The molecule has 0 saturated carbocycles. The number of rotatable bonds is 6. The summed E-state index contributed by atoms with van der Waals surface area (Å²) in [6.07, 6.45) is 0. The number of hydrogen-bond donors (Lipinski definition) is 3. The zero-order valence-corrected chi connectivity index (χ0v) is 18.1. The highest BCUT2D eigenvalue weighted by molar-refractivity contribution is 7.10. The molecule has 30 heavy (non-hydrogen) atoms. The second kappa shape index (κ2) is 8.84. The number of aliphatic imine (C=N–C) groups is 1. The van der Waals surface area contributed by atoms with Crippen molar-refractivity contribution in [1.82, 2.24) is 4.37 Å². The first-order valence-electron chi connectivity index (χ1n) is 9.40. The van der Waals surface area contributed by atoms with Crippen LogP contribution in [-0.2, 0) is 0 Å². The Bertz CT molecular complexity index is 1160. The Morgan fingerprint density at radius 2 is 1.87 bits per heavy atom. The molecule has 0 bridgehead atoms. The van der Waals surface area contributed by atoms with Crippen LogP contribution in [0, 0.1) is 25.2 Å². The van der Waals surface area contributed by atoms with Gasteiger partial charge in [-0.25, -0.2) is 0 Å². The number of aryl methyl sites for hydroxylation is 2. The van der Waals surface area contributed by atoms with Crippen molar-refractivity contribution in [3.05, 3.63) is 69.0 Å². The number of nitriles is 1. The largest absolute Gasteiger partial charge is 0.457 e. The second-order valence-electron chi connectivity index (χ2n) is 7.15. The van der Waals surface area contributed by atoms with E-state index in [1.165, 1.54) is 11.5 Å². The summed E-state index contributed by atoms with van der Waals surface area (Å²) in [5.74, 6) is 1.61. The van der Waals surface area contributed by atoms with Gasteiger partial charge in [0.1, 0.15) is 27.9 Å². The molecule has 154 valence electrons. The zero-order chi connectivity index (χ0) is 21.8. The molecule has 1 aromatic heterocycles. The van der Waals surface area contributed by atoms with Crippen LogP contribution in [0.3, 0.4) is 0 Å². The number of aromatic amines is 1. The minimum absolute atomic E-state index is 0.0114. The SMILES string of the molecule is Cc1cc(C#N)cc(C)c1Oc1ccc(Nc2s[nH]c(=O)c2C(N)=NC(C)C)cc1. The van der Waals surface area contributed by atoms with Gasteiger partial charge in [-0.05, 0) is 86.8 Å². The van der Waals surface area contributed by atoms with Gasteiger partial charge in [0.05, 0.1) is 11.6 Å². The van der Waals surface area contributed by atoms with Crippen LogP contribution in [0.25, 0.3) is 0 Å². The van der Waals surface area contributed by atoms with Gasteiger partial charge in [0.15, 0.2) is 0 Å². The summed E-state index contributed by atoms with van der Waals surface area (Å²) < 4.78 is 8.72. The zero-order valence-electron chi connectivity index (χ0n) is 17.2. The van der Waals surface area contributed by atoms with E-state index in [0.29, 0.717) is 21.9 Å². The standard InChI is InChI=1S/C22H23N5O2S/c1-12(2)25-20(24)18-21(28)27-30-22(18)26-16-5-7-17(8-6-16)29-19-13(3)9-15(11-23)10-14(19)4/h5-10,12,26H,1-4H3,(H2,24,25)(H,27,28). The average molecular weight is 422 g/mol. The fourth-order valence-corrected chi connectivity index (χ4v) is 3.76. The summed E-state index contributed by atoms with van der Waals surface area (Å²) in [4.78, 5) is 16.4. The van der Waals surface area contributed by atoms with E-state index in [1.54, 1.807) is 12.1 Å². The third-order valence-corrected chi connectivity index (χ3v) is 5.07. The lowest BCUT2D eigenvalue weighted by Gasteiger charge is -2.13. The van der Waals surface area contributed by atoms with Crippen LogP contribution in [-0.4, -0.2) is 16.3 Å². The number of amidine groups is 1. The van der Waals surface area contributed by atoms with Crippen LogP contribution in [0.4, 0.5) is 10.7 Å². The lowest BCUT2D eigenvalue weighted by molar-refractivity contribution is 0.475. The first-order valence-corrected chi connectivity index (χ1v) is 10.2. The number of anilines is 2. The van der Waals surface area contributed by atoms with Gasteiger partial charge >= 0.3 is 0 Å². The summed E-state index contributed by atoms with van der Waals surface area (Å²) in [5, 5.41) is 12.9. The predicted molar refractivity (Wildman–Crippen MR) is 121 cm³/mol. The minimum atomic E-state index is -0.267. The molecule has 2 aromatic carbocycles. The summed E-state index contributed by atoms with van der Waals surface area (Å²) >= 11 is 1.17. The molecule has 0 aliphatic rings. The molecule has 0 unspecified atom stereocenters. The van der Waals surface area contributed by atoms with Crippen molar-refractivity contribution in [3.63, 3.8) is 0 Å². The number of ether oxygens (including phenoxy) is 1. The quantitative estimate of drug-likeness (QED) is 0.398. The van der Waals surface area contributed by atoms with Crippen molar-refractivity contribution < 1.29 is 4.74 Å². The number of aromatic nitrogens is 1. The van der Waals surface area contributed by atoms with Crippen LogP contribution in [0.1, 0.15) is 36.1 Å². The number of nitrogens with zero attached hydrogens (tertiary/aromatic N) is 2. The Labute approximate surface area is 179 Å². The molecule has 0 saturated heterocycles. The fraction of sp³-hybridized carbons (Fsp3) is 0.227. The van der Waals surface area contributed by atoms with Crippen molar-refractivity contribution in [1.29, 1.82) is 5.26 Å². The van der Waals surface area contributed by atoms with Gasteiger partial charge in [-0.3, -0.25) is 14.2 Å². The third kappa shape index (κ3) is 4.70. The number of benzene rings is 2. The maximum absolute atomic E-state index is 12.1. The Hall–Kier alpha value is -3.57. The molecule has 4 N–H and O–H groups in total. The Morgan fingerprint density at radius 3 is 2.43 bits per heavy atom. The maximum atomic E-state index is 12.1. The van der Waals surface area contributed by atoms with Gasteiger partial charge in [-0.15, -0.1) is 0 Å². The van der Waals surface area contributed by atoms with Crippen LogP contribution in [0.5, 0.6) is 11.5 Å². The van der Waals surface area contributed by atoms with Gasteiger partial charge in [0.25, 0.3) is 5.56 Å². The number of hydrogen-bond acceptors (Lipinski definition) is 6. The maximum Gasteiger partial charge on any atom is 0.271 e. The smallest absolute Gasteiger partial charge is 0.271 e. The number of nitrogens with one attached hydrogen (secondary N) is 2. The van der Waals surface area contributed by atoms with E-state index >= 15 is 0 Å². The van der Waals surface area contributed by atoms with Crippen molar-refractivity contribution in [2.45, 2.75) is 33.7 Å². The molecule has 0 aliphatic carbocycles. The van der Waals surface area contributed by atoms with Crippen molar-refractivity contribution in [2.75, 3.05) is 5.32 Å². The molecule has 0 radical (unpaired) electrons. The van der Waals surface area contributed by atoms with E-state index in [1.807, 2.05) is 52.0 Å².